The van der Waals surface area contributed by atoms with Crippen LogP contribution in [0.1, 0.15) is 52.4 Å². The molecule has 0 atom stereocenters. The molecule has 1 aromatic carbocycles. The van der Waals surface area contributed by atoms with E-state index in [1.807, 2.05) is 18.2 Å². The molecule has 0 aromatic heterocycles. The number of carbonyl (C=O) groups is 2. The van der Waals surface area contributed by atoms with E-state index in [1.165, 1.54) is 0 Å². The molecule has 2 amide bonds. The van der Waals surface area contributed by atoms with Gasteiger partial charge in [0.15, 0.2) is 0 Å². The number of unbranched alkanes of at least 4 members (excludes halogenated alkanes) is 2. The summed E-state index contributed by atoms with van der Waals surface area (Å²) < 4.78 is 0. The van der Waals surface area contributed by atoms with Crippen molar-refractivity contribution in [3.63, 3.8) is 0 Å². The third-order valence-electron chi connectivity index (χ3n) is 2.94. The zero-order valence-electron chi connectivity index (χ0n) is 12.4. The normalized spacial score (nSPS) is 10.1. The Labute approximate surface area is 121 Å². The van der Waals surface area contributed by atoms with Gasteiger partial charge in [0.05, 0.1) is 0 Å². The number of amides is 2. The van der Waals surface area contributed by atoms with Gasteiger partial charge in [-0.2, -0.15) is 0 Å². The molecule has 0 spiro atoms. The largest absolute Gasteiger partial charge is 0.326 e. The molecule has 0 radical (unpaired) electrons. The molecule has 0 aliphatic heterocycles. The van der Waals surface area contributed by atoms with Crippen LogP contribution in [-0.4, -0.2) is 11.8 Å². The number of rotatable bonds is 8. The Morgan fingerprint density at radius 1 is 0.900 bits per heavy atom. The maximum absolute atomic E-state index is 11.6. The first kappa shape index (κ1) is 16.2. The lowest BCUT2D eigenvalue weighted by atomic mass is 10.2. The van der Waals surface area contributed by atoms with Gasteiger partial charge in [-0.1, -0.05) is 32.8 Å². The second-order valence-corrected chi connectivity index (χ2v) is 4.88. The average molecular weight is 276 g/mol. The highest BCUT2D eigenvalue weighted by Gasteiger charge is 2.04. The second kappa shape index (κ2) is 9.13. The van der Waals surface area contributed by atoms with E-state index in [1.54, 1.807) is 6.07 Å². The summed E-state index contributed by atoms with van der Waals surface area (Å²) in [4.78, 5) is 23.3. The minimum Gasteiger partial charge on any atom is -0.326 e. The third kappa shape index (κ3) is 6.36. The van der Waals surface area contributed by atoms with Crippen molar-refractivity contribution < 1.29 is 9.59 Å². The summed E-state index contributed by atoms with van der Waals surface area (Å²) in [6.07, 6.45) is 4.84. The summed E-state index contributed by atoms with van der Waals surface area (Å²) >= 11 is 0. The highest BCUT2D eigenvalue weighted by molar-refractivity contribution is 5.94. The molecule has 1 aromatic rings. The van der Waals surface area contributed by atoms with Gasteiger partial charge < -0.3 is 10.6 Å². The van der Waals surface area contributed by atoms with Crippen molar-refractivity contribution in [2.24, 2.45) is 0 Å². The number of nitrogens with one attached hydrogen (secondary N) is 2. The van der Waals surface area contributed by atoms with Gasteiger partial charge in [0, 0.05) is 24.2 Å². The summed E-state index contributed by atoms with van der Waals surface area (Å²) in [6, 6.07) is 7.26. The first-order valence-corrected chi connectivity index (χ1v) is 7.35. The molecule has 0 aliphatic carbocycles. The first-order valence-electron chi connectivity index (χ1n) is 7.35. The lowest BCUT2D eigenvalue weighted by molar-refractivity contribution is -0.117. The number of benzene rings is 1. The van der Waals surface area contributed by atoms with Crippen LogP contribution in [0.25, 0.3) is 0 Å². The van der Waals surface area contributed by atoms with Crippen LogP contribution in [0.3, 0.4) is 0 Å². The van der Waals surface area contributed by atoms with Crippen molar-refractivity contribution in [2.45, 2.75) is 52.4 Å². The molecule has 0 aliphatic rings. The van der Waals surface area contributed by atoms with Crippen LogP contribution in [0, 0.1) is 0 Å². The fourth-order valence-corrected chi connectivity index (χ4v) is 1.80. The molecule has 0 unspecified atom stereocenters. The molecule has 4 nitrogen and oxygen atoms in total. The topological polar surface area (TPSA) is 58.2 Å². The van der Waals surface area contributed by atoms with Gasteiger partial charge >= 0.3 is 0 Å². The molecular formula is C16H24N2O2. The first-order chi connectivity index (χ1) is 9.65. The zero-order chi connectivity index (χ0) is 14.8. The molecule has 20 heavy (non-hydrogen) atoms. The standard InChI is InChI=1S/C16H24N2O2/c1-3-5-10-15(19)17-13-8-7-9-14(12-13)18-16(20)11-6-4-2/h7-9,12H,3-6,10-11H2,1-2H3,(H,17,19)(H,18,20). The van der Waals surface area contributed by atoms with Crippen LogP contribution < -0.4 is 10.6 Å². The maximum atomic E-state index is 11.6. The number of carbonyl (C=O) groups excluding carboxylic acids is 2. The number of hydrogen-bond acceptors (Lipinski definition) is 2. The molecule has 0 fully saturated rings. The van der Waals surface area contributed by atoms with Crippen molar-refractivity contribution in [1.82, 2.24) is 0 Å². The highest BCUT2D eigenvalue weighted by atomic mass is 16.2. The summed E-state index contributed by atoms with van der Waals surface area (Å²) in [5, 5.41) is 5.69. The van der Waals surface area contributed by atoms with Gasteiger partial charge in [-0.3, -0.25) is 9.59 Å². The summed E-state index contributed by atoms with van der Waals surface area (Å²) in [5.74, 6) is 0.0302. The fourth-order valence-electron chi connectivity index (χ4n) is 1.80. The van der Waals surface area contributed by atoms with Crippen molar-refractivity contribution in [1.29, 1.82) is 0 Å². The van der Waals surface area contributed by atoms with Gasteiger partial charge in [0.2, 0.25) is 11.8 Å². The second-order valence-electron chi connectivity index (χ2n) is 4.88. The van der Waals surface area contributed by atoms with Crippen LogP contribution in [0.5, 0.6) is 0 Å². The quantitative estimate of drug-likeness (QED) is 0.755. The van der Waals surface area contributed by atoms with Gasteiger partial charge in [0.1, 0.15) is 0 Å². The molecule has 2 N–H and O–H groups in total. The average Bonchev–Trinajstić information content (AvgIpc) is 2.43. The van der Waals surface area contributed by atoms with Gasteiger partial charge in [-0.15, -0.1) is 0 Å². The van der Waals surface area contributed by atoms with E-state index in [-0.39, 0.29) is 11.8 Å². The van der Waals surface area contributed by atoms with E-state index in [0.29, 0.717) is 12.8 Å². The maximum Gasteiger partial charge on any atom is 0.224 e. The summed E-state index contributed by atoms with van der Waals surface area (Å²) in [5.41, 5.74) is 1.44. The Bertz CT molecular complexity index is 407. The van der Waals surface area contributed by atoms with Crippen LogP contribution in [0.15, 0.2) is 24.3 Å². The van der Waals surface area contributed by atoms with Crippen LogP contribution >= 0.6 is 0 Å². The van der Waals surface area contributed by atoms with Gasteiger partial charge in [-0.25, -0.2) is 0 Å². The number of hydrogen-bond donors (Lipinski definition) is 2. The Kier molecular flexibility index (Phi) is 7.40. The Hall–Kier alpha value is -1.84. The van der Waals surface area contributed by atoms with E-state index in [9.17, 15) is 9.59 Å². The molecular weight excluding hydrogens is 252 g/mol. The predicted octanol–water partition coefficient (Wildman–Crippen LogP) is 3.94. The molecule has 0 bridgehead atoms. The Morgan fingerprint density at radius 3 is 1.75 bits per heavy atom. The van der Waals surface area contributed by atoms with Crippen molar-refractivity contribution in [2.75, 3.05) is 10.6 Å². The smallest absolute Gasteiger partial charge is 0.224 e. The monoisotopic (exact) mass is 276 g/mol. The van der Waals surface area contributed by atoms with Gasteiger partial charge in [-0.05, 0) is 31.0 Å². The molecule has 0 heterocycles. The van der Waals surface area contributed by atoms with Crippen LogP contribution in [0.4, 0.5) is 11.4 Å². The third-order valence-corrected chi connectivity index (χ3v) is 2.94. The highest BCUT2D eigenvalue weighted by Crippen LogP contribution is 2.16. The van der Waals surface area contributed by atoms with Crippen molar-refractivity contribution in [3.8, 4) is 0 Å². The summed E-state index contributed by atoms with van der Waals surface area (Å²) in [7, 11) is 0. The number of anilines is 2. The molecule has 0 saturated heterocycles. The van der Waals surface area contributed by atoms with E-state index in [0.717, 1.165) is 37.1 Å². The van der Waals surface area contributed by atoms with Crippen LogP contribution in [-0.2, 0) is 9.59 Å². The summed E-state index contributed by atoms with van der Waals surface area (Å²) in [6.45, 7) is 4.11. The van der Waals surface area contributed by atoms with Crippen LogP contribution in [0.2, 0.25) is 0 Å². The molecule has 4 heteroatoms. The zero-order valence-corrected chi connectivity index (χ0v) is 12.4. The fraction of sp³-hybridized carbons (Fsp3) is 0.500. The van der Waals surface area contributed by atoms with Crippen molar-refractivity contribution in [3.05, 3.63) is 24.3 Å². The predicted molar refractivity (Wildman–Crippen MR) is 82.8 cm³/mol. The van der Waals surface area contributed by atoms with Gasteiger partial charge in [0.25, 0.3) is 0 Å². The van der Waals surface area contributed by atoms with E-state index in [2.05, 4.69) is 24.5 Å². The van der Waals surface area contributed by atoms with Crippen molar-refractivity contribution >= 4 is 23.2 Å². The molecule has 1 rings (SSSR count). The lowest BCUT2D eigenvalue weighted by Gasteiger charge is -2.08. The SMILES string of the molecule is CCCCC(=O)Nc1cccc(NC(=O)CCCC)c1. The van der Waals surface area contributed by atoms with E-state index in [4.69, 9.17) is 0 Å². The molecule has 110 valence electrons. The minimum absolute atomic E-state index is 0.0151. The van der Waals surface area contributed by atoms with E-state index >= 15 is 0 Å². The lowest BCUT2D eigenvalue weighted by Crippen LogP contribution is -2.13. The minimum atomic E-state index is 0.0151. The Morgan fingerprint density at radius 2 is 1.35 bits per heavy atom. The Balaban J connectivity index is 2.52. The van der Waals surface area contributed by atoms with E-state index < -0.39 is 0 Å². The molecule has 0 saturated carbocycles.